The molecular weight excluding hydrogens is 665 g/mol. The van der Waals surface area contributed by atoms with Gasteiger partial charge in [-0.15, -0.1) is 0 Å². The van der Waals surface area contributed by atoms with E-state index in [1.807, 2.05) is 0 Å². The monoisotopic (exact) mass is 747 g/mol. The highest BCUT2D eigenvalue weighted by atomic mass is 16.5. The van der Waals surface area contributed by atoms with Crippen LogP contribution < -0.4 is 9.47 Å². The van der Waals surface area contributed by atoms with Gasteiger partial charge in [0, 0.05) is 0 Å². The van der Waals surface area contributed by atoms with E-state index >= 15 is 0 Å². The molecule has 0 amide bonds. The van der Waals surface area contributed by atoms with Crippen LogP contribution in [0.25, 0.3) is 0 Å². The van der Waals surface area contributed by atoms with E-state index in [0.29, 0.717) is 13.2 Å². The largest absolute Gasteiger partial charge is 0.494 e. The lowest BCUT2D eigenvalue weighted by Gasteiger charge is -2.28. The van der Waals surface area contributed by atoms with Crippen LogP contribution in [0.15, 0.2) is 48.5 Å². The first kappa shape index (κ1) is 44.7. The Bertz CT molecular complexity index is 1070. The number of ether oxygens (including phenoxy) is 4. The molecule has 4 rings (SSSR count). The van der Waals surface area contributed by atoms with Gasteiger partial charge in [0.25, 0.3) is 0 Å². The van der Waals surface area contributed by atoms with Gasteiger partial charge in [-0.3, -0.25) is 0 Å². The molecule has 2 fully saturated rings. The Morgan fingerprint density at radius 2 is 0.741 bits per heavy atom. The molecule has 306 valence electrons. The molecule has 54 heavy (non-hydrogen) atoms. The predicted molar refractivity (Wildman–Crippen MR) is 228 cm³/mol. The quantitative estimate of drug-likeness (QED) is 0.0777. The van der Waals surface area contributed by atoms with Gasteiger partial charge in [-0.25, -0.2) is 0 Å². The molecule has 2 saturated carbocycles. The van der Waals surface area contributed by atoms with E-state index < -0.39 is 0 Å². The Morgan fingerprint density at radius 1 is 0.426 bits per heavy atom. The molecular formula is C50H82O4. The molecule has 0 N–H and O–H groups in total. The zero-order chi connectivity index (χ0) is 38.1. The van der Waals surface area contributed by atoms with Crippen LogP contribution in [0, 0.1) is 23.7 Å². The van der Waals surface area contributed by atoms with E-state index in [0.717, 1.165) is 72.4 Å². The minimum absolute atomic E-state index is 0.00464. The van der Waals surface area contributed by atoms with Crippen molar-refractivity contribution >= 4 is 0 Å². The summed E-state index contributed by atoms with van der Waals surface area (Å²) < 4.78 is 24.6. The van der Waals surface area contributed by atoms with Crippen LogP contribution >= 0.6 is 0 Å². The molecule has 0 unspecified atom stereocenters. The normalized spacial score (nSPS) is 21.5. The highest BCUT2D eigenvalue weighted by molar-refractivity contribution is 5.27. The van der Waals surface area contributed by atoms with Gasteiger partial charge in [-0.2, -0.15) is 0 Å². The van der Waals surface area contributed by atoms with Gasteiger partial charge in [-0.1, -0.05) is 167 Å². The van der Waals surface area contributed by atoms with Gasteiger partial charge in [0.1, 0.15) is 11.5 Å². The topological polar surface area (TPSA) is 36.9 Å². The standard InChI is InChI=1S/C50H82O4/c1-5-7-9-11-13-17-43-21-25-45(26-22-43)19-15-37-51-49-33-29-47(30-34-49)39-53-41(3)42(4)54-40-48-31-35-50(36-32-48)52-38-16-20-46-27-23-44(24-28-46)18-14-12-10-8-6-2/h29-36,41-46H,5-28,37-40H2,1-4H3/t41-,42-,43-,44-,45-,46-/m1/s1. The summed E-state index contributed by atoms with van der Waals surface area (Å²) in [7, 11) is 0. The van der Waals surface area contributed by atoms with Gasteiger partial charge < -0.3 is 18.9 Å². The first-order valence-electron chi connectivity index (χ1n) is 23.2. The van der Waals surface area contributed by atoms with Gasteiger partial charge >= 0.3 is 0 Å². The summed E-state index contributed by atoms with van der Waals surface area (Å²) in [6, 6.07) is 16.9. The molecule has 2 aromatic carbocycles. The second-order valence-electron chi connectivity index (χ2n) is 17.5. The van der Waals surface area contributed by atoms with E-state index in [4.69, 9.17) is 18.9 Å². The van der Waals surface area contributed by atoms with Crippen LogP contribution in [0.4, 0.5) is 0 Å². The van der Waals surface area contributed by atoms with Crippen LogP contribution in [0.3, 0.4) is 0 Å². The van der Waals surface area contributed by atoms with Gasteiger partial charge in [-0.05, 0) is 98.6 Å². The summed E-state index contributed by atoms with van der Waals surface area (Å²) >= 11 is 0. The first-order valence-corrected chi connectivity index (χ1v) is 23.2. The van der Waals surface area contributed by atoms with Crippen molar-refractivity contribution in [2.45, 2.75) is 207 Å². The summed E-state index contributed by atoms with van der Waals surface area (Å²) in [5, 5.41) is 0. The third kappa shape index (κ3) is 18.7. The Labute approximate surface area is 333 Å². The van der Waals surface area contributed by atoms with Crippen LogP contribution in [0.2, 0.25) is 0 Å². The molecule has 0 saturated heterocycles. The van der Waals surface area contributed by atoms with Crippen molar-refractivity contribution in [2.75, 3.05) is 13.2 Å². The highest BCUT2D eigenvalue weighted by Gasteiger charge is 2.22. The van der Waals surface area contributed by atoms with Gasteiger partial charge in [0.15, 0.2) is 0 Å². The summed E-state index contributed by atoms with van der Waals surface area (Å²) in [6.45, 7) is 11.6. The molecule has 0 spiro atoms. The molecule has 2 aliphatic carbocycles. The van der Waals surface area contributed by atoms with E-state index in [1.54, 1.807) is 0 Å². The van der Waals surface area contributed by atoms with Crippen molar-refractivity contribution < 1.29 is 18.9 Å². The smallest absolute Gasteiger partial charge is 0.119 e. The highest BCUT2D eigenvalue weighted by Crippen LogP contribution is 2.35. The average molecular weight is 747 g/mol. The first-order chi connectivity index (χ1) is 26.5. The summed E-state index contributed by atoms with van der Waals surface area (Å²) in [5.41, 5.74) is 2.32. The zero-order valence-corrected chi connectivity index (χ0v) is 35.5. The van der Waals surface area contributed by atoms with Crippen LogP contribution in [0.1, 0.15) is 193 Å². The minimum atomic E-state index is -0.00464. The summed E-state index contributed by atoms with van der Waals surface area (Å²) in [6.07, 6.45) is 33.6. The molecule has 0 aromatic heterocycles. The lowest BCUT2D eigenvalue weighted by Crippen LogP contribution is -2.26. The number of rotatable bonds is 29. The van der Waals surface area contributed by atoms with Gasteiger partial charge in [0.2, 0.25) is 0 Å². The molecule has 2 aromatic rings. The number of hydrogen-bond acceptors (Lipinski definition) is 4. The molecule has 4 nitrogen and oxygen atoms in total. The number of unbranched alkanes of at least 4 members (excludes halogenated alkanes) is 8. The minimum Gasteiger partial charge on any atom is -0.494 e. The van der Waals surface area contributed by atoms with Crippen molar-refractivity contribution in [3.05, 3.63) is 59.7 Å². The molecule has 0 radical (unpaired) electrons. The van der Waals surface area contributed by atoms with Crippen molar-refractivity contribution in [2.24, 2.45) is 23.7 Å². The summed E-state index contributed by atoms with van der Waals surface area (Å²) in [5.74, 6) is 5.74. The van der Waals surface area contributed by atoms with Crippen molar-refractivity contribution in [1.29, 1.82) is 0 Å². The third-order valence-electron chi connectivity index (χ3n) is 12.9. The molecule has 2 atom stereocenters. The zero-order valence-electron chi connectivity index (χ0n) is 35.5. The Hall–Kier alpha value is -2.04. The Morgan fingerprint density at radius 3 is 1.07 bits per heavy atom. The number of hydrogen-bond donors (Lipinski definition) is 0. The molecule has 0 aliphatic heterocycles. The van der Waals surface area contributed by atoms with E-state index in [2.05, 4.69) is 76.2 Å². The second kappa shape index (κ2) is 27.5. The third-order valence-corrected chi connectivity index (χ3v) is 12.9. The molecule has 2 aliphatic rings. The lowest BCUT2D eigenvalue weighted by atomic mass is 9.78. The van der Waals surface area contributed by atoms with E-state index in [1.165, 1.54) is 141 Å². The van der Waals surface area contributed by atoms with Crippen molar-refractivity contribution in [3.8, 4) is 11.5 Å². The second-order valence-corrected chi connectivity index (χ2v) is 17.5. The fraction of sp³-hybridized carbons (Fsp3) is 0.760. The van der Waals surface area contributed by atoms with Crippen molar-refractivity contribution in [1.82, 2.24) is 0 Å². The lowest BCUT2D eigenvalue weighted by molar-refractivity contribution is -0.0687. The predicted octanol–water partition coefficient (Wildman–Crippen LogP) is 14.8. The molecule has 0 heterocycles. The van der Waals surface area contributed by atoms with E-state index in [9.17, 15) is 0 Å². The average Bonchev–Trinajstić information content (AvgIpc) is 3.21. The van der Waals surface area contributed by atoms with Crippen LogP contribution in [0.5, 0.6) is 11.5 Å². The molecule has 0 bridgehead atoms. The Balaban J connectivity index is 0.984. The van der Waals surface area contributed by atoms with Gasteiger partial charge in [0.05, 0.1) is 38.6 Å². The van der Waals surface area contributed by atoms with Crippen LogP contribution in [-0.4, -0.2) is 25.4 Å². The van der Waals surface area contributed by atoms with Crippen molar-refractivity contribution in [3.63, 3.8) is 0 Å². The molecule has 4 heteroatoms. The summed E-state index contributed by atoms with van der Waals surface area (Å²) in [4.78, 5) is 0. The maximum absolute atomic E-state index is 6.19. The fourth-order valence-corrected chi connectivity index (χ4v) is 8.91. The maximum Gasteiger partial charge on any atom is 0.119 e. The Kier molecular flexibility index (Phi) is 22.8. The fourth-order valence-electron chi connectivity index (χ4n) is 8.91. The van der Waals surface area contributed by atoms with Crippen LogP contribution in [-0.2, 0) is 22.7 Å². The maximum atomic E-state index is 6.19. The number of benzene rings is 2. The van der Waals surface area contributed by atoms with E-state index in [-0.39, 0.29) is 12.2 Å². The SMILES string of the molecule is CCCCCCC[C@H]1CC[C@H](CCCOc2ccc(CO[C@H](C)[C@@H](C)OCc3ccc(OCCC[C@H]4CC[C@H](CCCCCCC)CC4)cc3)cc2)CC1.